The van der Waals surface area contributed by atoms with Crippen LogP contribution in [0.25, 0.3) is 45.0 Å². The van der Waals surface area contributed by atoms with Crippen LogP contribution in [0.1, 0.15) is 82.3 Å². The zero-order chi connectivity index (χ0) is 104. The number of methoxy groups -OCH3 is 2. The molecule has 12 heterocycles. The van der Waals surface area contributed by atoms with Gasteiger partial charge in [0.2, 0.25) is 34.3 Å². The average Bonchev–Trinajstić information content (AvgIpc) is 1.63. The number of H-pyrrole nitrogens is 1. The Morgan fingerprint density at radius 2 is 0.775 bits per heavy atom. The highest BCUT2D eigenvalue weighted by Crippen LogP contribution is 2.33. The molecule has 0 aliphatic carbocycles. The number of carbonyl (C=O) groups is 5. The van der Waals surface area contributed by atoms with Gasteiger partial charge in [-0.3, -0.25) is 39.7 Å². The van der Waals surface area contributed by atoms with Crippen molar-refractivity contribution in [2.24, 2.45) is 0 Å². The number of nitro groups is 2. The molecule has 0 saturated carbocycles. The lowest BCUT2D eigenvalue weighted by Gasteiger charge is -2.14. The first-order valence-corrected chi connectivity index (χ1v) is 40.0. The first-order chi connectivity index (χ1) is 67.4. The van der Waals surface area contributed by atoms with Crippen LogP contribution in [0.4, 0.5) is 118 Å². The number of nitrogens with two attached hydrogens (primary N) is 7. The molecule has 55 heteroatoms. The van der Waals surface area contributed by atoms with Gasteiger partial charge in [0.25, 0.3) is 11.9 Å². The molecule has 730 valence electrons. The SMILES string of the molecule is COC(=O)C(C(=O)c1ncc(F)cc1F)c1ccccc1F.COC(=O)Cl.Fc1cnc2c(Cc3ccccc3F)[nH]nc2c1.Nc1nc(-n2nc(Cc3ccccc3F)c3ncc(F)cc32)nc(N)c1N.Nc1nc(-n2nc(Cc3ccccc3F)c3ncc(F)cc32)nc(N)c1[N+](=O)[O-].Nc1nc(Cl)nc(N)c1[N+](=O)[O-].O=C(Cc1ccccc1F)c1ncc(F)cc1F.O=C(O)c1ncc(F)cc1F. The van der Waals surface area contributed by atoms with Crippen molar-refractivity contribution in [3.05, 3.63) is 364 Å². The summed E-state index contributed by atoms with van der Waals surface area (Å²) in [5, 5.41) is 44.8. The molecule has 142 heavy (non-hydrogen) atoms. The van der Waals surface area contributed by atoms with Crippen LogP contribution >= 0.6 is 23.2 Å². The number of Topliss-reactive ketones (excluding diaryl/α,β-unsaturated/α-hetero) is 2. The Hall–Kier alpha value is -18.6. The van der Waals surface area contributed by atoms with Gasteiger partial charge >= 0.3 is 28.7 Å². The van der Waals surface area contributed by atoms with E-state index in [4.69, 9.17) is 56.8 Å². The maximum absolute atomic E-state index is 14.1. The van der Waals surface area contributed by atoms with E-state index in [1.54, 1.807) is 60.7 Å². The minimum atomic E-state index is -1.72. The van der Waals surface area contributed by atoms with Crippen LogP contribution < -0.4 is 40.1 Å². The van der Waals surface area contributed by atoms with E-state index in [0.717, 1.165) is 48.7 Å². The zero-order valence-corrected chi connectivity index (χ0v) is 73.4. The lowest BCUT2D eigenvalue weighted by atomic mass is 9.92. The van der Waals surface area contributed by atoms with Crippen molar-refractivity contribution < 1.29 is 110 Å². The van der Waals surface area contributed by atoms with E-state index in [-0.39, 0.29) is 99.2 Å². The number of hydrogen-bond acceptors (Lipinski definition) is 33. The molecule has 0 spiro atoms. The van der Waals surface area contributed by atoms with Gasteiger partial charge in [-0.25, -0.2) is 101 Å². The third kappa shape index (κ3) is 27.0. The normalized spacial score (nSPS) is 10.7. The number of nitrogens with zero attached hydrogens (tertiary/aromatic N) is 19. The third-order valence-corrected chi connectivity index (χ3v) is 18.9. The van der Waals surface area contributed by atoms with Gasteiger partial charge in [0, 0.05) is 79.2 Å². The molecule has 0 radical (unpaired) electrons. The average molecular weight is 2020 g/mol. The molecule has 0 bridgehead atoms. The summed E-state index contributed by atoms with van der Waals surface area (Å²) in [7, 11) is 2.23. The number of hydrogen-bond donors (Lipinski definition) is 9. The Morgan fingerprint density at radius 3 is 1.16 bits per heavy atom. The number of anilines is 7. The number of fused-ring (bicyclic) bond motifs is 3. The fourth-order valence-electron chi connectivity index (χ4n) is 12.2. The number of carbonyl (C=O) groups excluding carboxylic acids is 4. The Balaban J connectivity index is 0.000000172. The van der Waals surface area contributed by atoms with E-state index in [9.17, 15) is 106 Å². The number of nitrogens with one attached hydrogen (secondary N) is 1. The number of pyridine rings is 6. The van der Waals surface area contributed by atoms with Gasteiger partial charge in [0.1, 0.15) is 109 Å². The van der Waals surface area contributed by atoms with Crippen LogP contribution in [-0.2, 0) is 40.0 Å². The van der Waals surface area contributed by atoms with Gasteiger partial charge < -0.3 is 54.7 Å². The summed E-state index contributed by atoms with van der Waals surface area (Å²) in [5.74, 6) is -18.3. The summed E-state index contributed by atoms with van der Waals surface area (Å²) < 4.78 is 197. The highest BCUT2D eigenvalue weighted by Gasteiger charge is 2.36. The second-order valence-corrected chi connectivity index (χ2v) is 28.6. The number of benzene rings is 5. The highest BCUT2D eigenvalue weighted by atomic mass is 35.5. The molecule has 0 fully saturated rings. The van der Waals surface area contributed by atoms with E-state index in [2.05, 4.69) is 101 Å². The number of carboxylic acids is 1. The summed E-state index contributed by atoms with van der Waals surface area (Å²) in [6.45, 7) is 0. The van der Waals surface area contributed by atoms with Gasteiger partial charge in [0.15, 0.2) is 40.6 Å². The Bertz CT molecular complexity index is 7570. The van der Waals surface area contributed by atoms with Gasteiger partial charge in [-0.15, -0.1) is 0 Å². The molecule has 17 aromatic rings. The number of esters is 1. The van der Waals surface area contributed by atoms with Crippen molar-refractivity contribution in [1.29, 1.82) is 0 Å². The fraction of sp³-hybridized carbons (Fsp3) is 0.0805. The first kappa shape index (κ1) is 105. The quantitative estimate of drug-likeness (QED) is 0.00563. The topological polar surface area (TPSA) is 611 Å². The molecule has 0 aliphatic heterocycles. The summed E-state index contributed by atoms with van der Waals surface area (Å²) in [6.07, 6.45) is 5.45. The fourth-order valence-corrected chi connectivity index (χ4v) is 12.3. The predicted molar refractivity (Wildman–Crippen MR) is 479 cm³/mol. The largest absolute Gasteiger partial charge is 0.476 e. The number of ether oxygens (including phenoxy) is 2. The number of halogens is 16. The minimum absolute atomic E-state index is 0.0105. The smallest absolute Gasteiger partial charge is 0.403 e. The molecule has 1 unspecified atom stereocenters. The zero-order valence-electron chi connectivity index (χ0n) is 71.9. The van der Waals surface area contributed by atoms with Crippen molar-refractivity contribution >= 4 is 137 Å². The first-order valence-electron chi connectivity index (χ1n) is 39.2. The molecule has 16 N–H and O–H groups in total. The molecule has 0 amide bonds. The Morgan fingerprint density at radius 1 is 0.430 bits per heavy atom. The summed E-state index contributed by atoms with van der Waals surface area (Å²) >= 11 is 9.92. The van der Waals surface area contributed by atoms with Crippen LogP contribution in [0.15, 0.2) is 195 Å². The van der Waals surface area contributed by atoms with Crippen molar-refractivity contribution in [3.63, 3.8) is 0 Å². The number of aromatic carboxylic acids is 1. The van der Waals surface area contributed by atoms with Crippen LogP contribution in [0.2, 0.25) is 5.28 Å². The van der Waals surface area contributed by atoms with E-state index >= 15 is 0 Å². The number of carboxylic acid groups (broad SMARTS) is 1. The van der Waals surface area contributed by atoms with Crippen LogP contribution in [0, 0.1) is 102 Å². The molecule has 39 nitrogen and oxygen atoms in total. The predicted octanol–water partition coefficient (Wildman–Crippen LogP) is 14.6. The van der Waals surface area contributed by atoms with Gasteiger partial charge in [-0.2, -0.15) is 54.6 Å². The highest BCUT2D eigenvalue weighted by molar-refractivity contribution is 6.61. The second kappa shape index (κ2) is 47.7. The minimum Gasteiger partial charge on any atom is -0.476 e. The molecule has 5 aromatic carbocycles. The number of rotatable bonds is 18. The number of ketones is 2. The van der Waals surface area contributed by atoms with Crippen LogP contribution in [0.5, 0.6) is 0 Å². The summed E-state index contributed by atoms with van der Waals surface area (Å²) in [6, 6.07) is 34.8. The third-order valence-electron chi connectivity index (χ3n) is 18.6. The van der Waals surface area contributed by atoms with Gasteiger partial charge in [-0.1, -0.05) is 91.0 Å². The van der Waals surface area contributed by atoms with Gasteiger partial charge in [0.05, 0.1) is 89.4 Å². The molecular weight excluding hydrogens is 1950 g/mol. The molecule has 12 aromatic heterocycles. The molecule has 0 saturated heterocycles. The van der Waals surface area contributed by atoms with Crippen LogP contribution in [-0.4, -0.2) is 148 Å². The number of aromatic amines is 1. The van der Waals surface area contributed by atoms with Crippen molar-refractivity contribution in [1.82, 2.24) is 89.6 Å². The lowest BCUT2D eigenvalue weighted by molar-refractivity contribution is -0.383. The van der Waals surface area contributed by atoms with Crippen LogP contribution in [0.3, 0.4) is 0 Å². The van der Waals surface area contributed by atoms with Gasteiger partial charge in [-0.05, 0) is 64.2 Å². The molecule has 0 aliphatic rings. The standard InChI is InChI=1S/C17H12F2N8O2.C17H14F2N8.C15H10F3NO3.C13H8F3NO.C13H9F2N3.C6H3F2NO2.C4H4ClN5O2.C2H3ClO2/c18-9-6-12-13(22-7-9)11(5-8-3-1-2-4-10(8)19)25-26(12)17-23-15(20)14(27(28)29)16(21)24-17;18-9-6-12-14(23-7-9)11(5-8-3-1-2-4-10(8)19)26-27(12)17-24-15(21)13(20)16(22)25-17;1-22-15(21)12(9-4-2-3-5-10(9)17)14(20)13-11(18)6-8(16)7-19-13;14-9-6-11(16)13(17-7-9)12(18)5-8-3-1-2-4-10(8)15;14-9-6-12-13(16-7-9)11(17-18-12)5-8-3-1-2-4-10(8)15;7-3-1-4(8)5(6(10)11)9-2-3;5-4-8-2(6)1(10(11)12)3(7)9-4;1-5-2(3)4/h1-4,6-7H,5H2,(H4,20,21,23,24);1-4,6-7H,5,20H2,(H4,21,22,24,25);2-7,12H,1H3;1-4,6-7H,5H2;1-4,6-7H,5H2,(H,17,18);1-2H,(H,10,11);(H4,6,7,8,9);1H3. The molecule has 1 atom stereocenters. The van der Waals surface area contributed by atoms with E-state index in [0.29, 0.717) is 92.9 Å². The van der Waals surface area contributed by atoms with Crippen molar-refractivity contribution in [2.75, 3.05) is 54.4 Å². The lowest BCUT2D eigenvalue weighted by Crippen LogP contribution is -2.26. The monoisotopic (exact) mass is 2010 g/mol. The van der Waals surface area contributed by atoms with E-state index in [1.807, 2.05) is 0 Å². The number of aromatic nitrogens is 18. The molecule has 17 rings (SSSR count). The van der Waals surface area contributed by atoms with E-state index in [1.165, 1.54) is 78.5 Å². The van der Waals surface area contributed by atoms with Crippen molar-refractivity contribution in [2.45, 2.75) is 31.6 Å². The molecular formula is C87H63Cl2F14N27O12. The maximum atomic E-state index is 14.1. The Kier molecular flexibility index (Phi) is 35.5. The summed E-state index contributed by atoms with van der Waals surface area (Å²) in [4.78, 5) is 120. The number of nitrogen functional groups attached to an aromatic ring is 7. The maximum Gasteiger partial charge on any atom is 0.403 e. The Labute approximate surface area is 794 Å². The second-order valence-electron chi connectivity index (χ2n) is 28.0. The van der Waals surface area contributed by atoms with E-state index < -0.39 is 155 Å². The summed E-state index contributed by atoms with van der Waals surface area (Å²) in [5.41, 5.74) is 39.6. The van der Waals surface area contributed by atoms with Crippen molar-refractivity contribution in [3.8, 4) is 11.9 Å².